The monoisotopic (exact) mass is 347 g/mol. The van der Waals surface area contributed by atoms with Gasteiger partial charge in [-0.25, -0.2) is 0 Å². The second-order valence-electron chi connectivity index (χ2n) is 3.89. The lowest BCUT2D eigenvalue weighted by molar-refractivity contribution is 1.09. The Kier molecular flexibility index (Phi) is 3.10. The van der Waals surface area contributed by atoms with Crippen LogP contribution in [0.3, 0.4) is 0 Å². The number of aromatic amines is 1. The number of nitrogens with one attached hydrogen (secondary N) is 1. The maximum atomic E-state index is 4.46. The standard InChI is InChI=1S/C14H10IN3/c15-12-5-3-10(4-6-12)13-2-1-7-16-14(13)11-8-17-18-9-11/h1-9H,(H,17,18). The van der Waals surface area contributed by atoms with Gasteiger partial charge in [-0.15, -0.1) is 0 Å². The molecule has 0 radical (unpaired) electrons. The number of aromatic nitrogens is 3. The van der Waals surface area contributed by atoms with Crippen LogP contribution in [0.2, 0.25) is 0 Å². The van der Waals surface area contributed by atoms with Crippen molar-refractivity contribution in [2.75, 3.05) is 0 Å². The number of benzene rings is 1. The molecule has 0 amide bonds. The normalized spacial score (nSPS) is 10.5. The van der Waals surface area contributed by atoms with Crippen molar-refractivity contribution in [1.82, 2.24) is 15.2 Å². The molecule has 3 rings (SSSR count). The molecule has 0 fully saturated rings. The lowest BCUT2D eigenvalue weighted by atomic mass is 10.0. The molecule has 1 N–H and O–H groups in total. The summed E-state index contributed by atoms with van der Waals surface area (Å²) in [4.78, 5) is 4.46. The van der Waals surface area contributed by atoms with Crippen molar-refractivity contribution in [3.8, 4) is 22.4 Å². The van der Waals surface area contributed by atoms with Crippen LogP contribution < -0.4 is 0 Å². The molecule has 4 heteroatoms. The maximum Gasteiger partial charge on any atom is 0.0811 e. The summed E-state index contributed by atoms with van der Waals surface area (Å²) in [5.41, 5.74) is 4.24. The largest absolute Gasteiger partial charge is 0.285 e. The lowest BCUT2D eigenvalue weighted by Gasteiger charge is -2.07. The van der Waals surface area contributed by atoms with E-state index in [0.29, 0.717) is 0 Å². The van der Waals surface area contributed by atoms with Gasteiger partial charge in [-0.05, 0) is 46.4 Å². The van der Waals surface area contributed by atoms with E-state index < -0.39 is 0 Å². The summed E-state index contributed by atoms with van der Waals surface area (Å²) in [6.07, 6.45) is 5.45. The molecule has 0 atom stereocenters. The van der Waals surface area contributed by atoms with Crippen LogP contribution in [0, 0.1) is 3.57 Å². The van der Waals surface area contributed by atoms with Crippen molar-refractivity contribution in [3.63, 3.8) is 0 Å². The molecule has 18 heavy (non-hydrogen) atoms. The van der Waals surface area contributed by atoms with Crippen molar-refractivity contribution in [2.45, 2.75) is 0 Å². The zero-order valence-electron chi connectivity index (χ0n) is 9.47. The minimum Gasteiger partial charge on any atom is -0.285 e. The van der Waals surface area contributed by atoms with Crippen LogP contribution in [0.1, 0.15) is 0 Å². The van der Waals surface area contributed by atoms with E-state index in [4.69, 9.17) is 0 Å². The predicted molar refractivity (Wildman–Crippen MR) is 80.0 cm³/mol. The molecule has 88 valence electrons. The molecule has 0 saturated carbocycles. The van der Waals surface area contributed by atoms with Crippen molar-refractivity contribution in [1.29, 1.82) is 0 Å². The van der Waals surface area contributed by atoms with Gasteiger partial charge in [-0.1, -0.05) is 18.2 Å². The second kappa shape index (κ2) is 4.89. The number of hydrogen-bond acceptors (Lipinski definition) is 2. The molecule has 2 heterocycles. The Morgan fingerprint density at radius 1 is 1.00 bits per heavy atom. The van der Waals surface area contributed by atoms with Crippen LogP contribution in [0.5, 0.6) is 0 Å². The van der Waals surface area contributed by atoms with E-state index in [1.54, 1.807) is 12.4 Å². The minimum absolute atomic E-state index is 0.951. The van der Waals surface area contributed by atoms with Crippen LogP contribution in [-0.2, 0) is 0 Å². The van der Waals surface area contributed by atoms with Gasteiger partial charge >= 0.3 is 0 Å². The average molecular weight is 347 g/mol. The van der Waals surface area contributed by atoms with Crippen LogP contribution in [0.25, 0.3) is 22.4 Å². The number of nitrogens with zero attached hydrogens (tertiary/aromatic N) is 2. The number of halogens is 1. The SMILES string of the molecule is Ic1ccc(-c2cccnc2-c2cn[nH]c2)cc1. The van der Waals surface area contributed by atoms with E-state index in [-0.39, 0.29) is 0 Å². The van der Waals surface area contributed by atoms with E-state index in [2.05, 4.69) is 68.1 Å². The molecule has 0 unspecified atom stereocenters. The molecular weight excluding hydrogens is 337 g/mol. The second-order valence-corrected chi connectivity index (χ2v) is 5.14. The number of H-pyrrole nitrogens is 1. The first-order valence-corrected chi connectivity index (χ1v) is 6.62. The highest BCUT2D eigenvalue weighted by molar-refractivity contribution is 14.1. The van der Waals surface area contributed by atoms with Crippen LogP contribution >= 0.6 is 22.6 Å². The molecule has 1 aromatic carbocycles. The Bertz CT molecular complexity index is 645. The van der Waals surface area contributed by atoms with Gasteiger partial charge in [0.25, 0.3) is 0 Å². The van der Waals surface area contributed by atoms with E-state index >= 15 is 0 Å². The van der Waals surface area contributed by atoms with E-state index in [0.717, 1.165) is 16.8 Å². The fourth-order valence-corrected chi connectivity index (χ4v) is 2.24. The number of pyridine rings is 1. The Hall–Kier alpha value is -1.69. The molecule has 0 saturated heterocycles. The highest BCUT2D eigenvalue weighted by atomic mass is 127. The zero-order valence-corrected chi connectivity index (χ0v) is 11.6. The highest BCUT2D eigenvalue weighted by Gasteiger charge is 2.08. The topological polar surface area (TPSA) is 41.6 Å². The number of rotatable bonds is 2. The molecule has 3 aromatic rings. The summed E-state index contributed by atoms with van der Waals surface area (Å²) in [7, 11) is 0. The van der Waals surface area contributed by atoms with Crippen molar-refractivity contribution >= 4 is 22.6 Å². The Labute approximate surface area is 118 Å². The van der Waals surface area contributed by atoms with Gasteiger partial charge in [0.2, 0.25) is 0 Å². The molecule has 3 nitrogen and oxygen atoms in total. The van der Waals surface area contributed by atoms with Gasteiger partial charge < -0.3 is 0 Å². The maximum absolute atomic E-state index is 4.46. The van der Waals surface area contributed by atoms with Gasteiger partial charge in [-0.2, -0.15) is 5.10 Å². The van der Waals surface area contributed by atoms with Crippen molar-refractivity contribution in [2.24, 2.45) is 0 Å². The molecule has 0 spiro atoms. The van der Waals surface area contributed by atoms with Crippen molar-refractivity contribution < 1.29 is 0 Å². The van der Waals surface area contributed by atoms with Gasteiger partial charge in [0.15, 0.2) is 0 Å². The van der Waals surface area contributed by atoms with Crippen LogP contribution in [0.4, 0.5) is 0 Å². The third-order valence-corrected chi connectivity index (χ3v) is 3.45. The first-order chi connectivity index (χ1) is 8.84. The van der Waals surface area contributed by atoms with Gasteiger partial charge in [0.1, 0.15) is 0 Å². The molecule has 0 bridgehead atoms. The lowest BCUT2D eigenvalue weighted by Crippen LogP contribution is -1.87. The summed E-state index contributed by atoms with van der Waals surface area (Å²) in [6.45, 7) is 0. The predicted octanol–water partition coefficient (Wildman–Crippen LogP) is 3.74. The highest BCUT2D eigenvalue weighted by Crippen LogP contribution is 2.29. The Morgan fingerprint density at radius 3 is 2.56 bits per heavy atom. The summed E-state index contributed by atoms with van der Waals surface area (Å²) >= 11 is 2.30. The summed E-state index contributed by atoms with van der Waals surface area (Å²) in [5.74, 6) is 0. The molecule has 2 aromatic heterocycles. The van der Waals surface area contributed by atoms with Crippen molar-refractivity contribution in [3.05, 3.63) is 58.6 Å². The Balaban J connectivity index is 2.15. The fourth-order valence-electron chi connectivity index (χ4n) is 1.88. The molecule has 0 aliphatic heterocycles. The fraction of sp³-hybridized carbons (Fsp3) is 0. The number of hydrogen-bond donors (Lipinski definition) is 1. The van der Waals surface area contributed by atoms with E-state index in [1.807, 2.05) is 12.3 Å². The summed E-state index contributed by atoms with van der Waals surface area (Å²) < 4.78 is 1.23. The molecule has 0 aliphatic rings. The van der Waals surface area contributed by atoms with Gasteiger partial charge in [0.05, 0.1) is 11.9 Å². The third kappa shape index (κ3) is 2.15. The average Bonchev–Trinajstić information content (AvgIpc) is 2.93. The van der Waals surface area contributed by atoms with Gasteiger partial charge in [-0.3, -0.25) is 10.1 Å². The molecule has 0 aliphatic carbocycles. The van der Waals surface area contributed by atoms with Crippen LogP contribution in [-0.4, -0.2) is 15.2 Å². The first-order valence-electron chi connectivity index (χ1n) is 5.55. The first kappa shape index (κ1) is 11.4. The van der Waals surface area contributed by atoms with E-state index in [9.17, 15) is 0 Å². The smallest absolute Gasteiger partial charge is 0.0811 e. The quantitative estimate of drug-likeness (QED) is 0.718. The minimum atomic E-state index is 0.951. The van der Waals surface area contributed by atoms with Crippen LogP contribution in [0.15, 0.2) is 55.0 Å². The van der Waals surface area contributed by atoms with E-state index in [1.165, 1.54) is 9.13 Å². The Morgan fingerprint density at radius 2 is 1.83 bits per heavy atom. The van der Waals surface area contributed by atoms with Gasteiger partial charge in [0, 0.05) is 27.1 Å². The zero-order chi connectivity index (χ0) is 12.4. The molecular formula is C14H10IN3. The summed E-state index contributed by atoms with van der Waals surface area (Å²) in [6, 6.07) is 12.5. The third-order valence-electron chi connectivity index (χ3n) is 2.73. The summed E-state index contributed by atoms with van der Waals surface area (Å²) in [5, 5.41) is 6.81.